The summed E-state index contributed by atoms with van der Waals surface area (Å²) in [4.78, 5) is 2.05. The first-order valence-corrected chi connectivity index (χ1v) is 7.50. The van der Waals surface area contributed by atoms with Gasteiger partial charge in [0.15, 0.2) is 0 Å². The van der Waals surface area contributed by atoms with Crippen LogP contribution in [0.1, 0.15) is 27.6 Å². The minimum atomic E-state index is -0.471. The average molecular weight is 312 g/mol. The van der Waals surface area contributed by atoms with Crippen molar-refractivity contribution in [2.75, 3.05) is 20.7 Å². The highest BCUT2D eigenvalue weighted by Crippen LogP contribution is 2.27. The van der Waals surface area contributed by atoms with Crippen molar-refractivity contribution in [2.45, 2.75) is 12.5 Å². The van der Waals surface area contributed by atoms with Crippen LogP contribution in [0, 0.1) is 0 Å². The molecule has 1 atom stereocenters. The maximum absolute atomic E-state index is 8.25. The number of nitrogens with zero attached hydrogens (tertiary/aromatic N) is 1. The minimum Gasteiger partial charge on any atom is -0.493 e. The van der Waals surface area contributed by atoms with E-state index in [0.29, 0.717) is 6.42 Å². The summed E-state index contributed by atoms with van der Waals surface area (Å²) < 4.78 is 62.5. The lowest BCUT2D eigenvalue weighted by Gasteiger charge is -2.25. The lowest BCUT2D eigenvalue weighted by Crippen LogP contribution is -2.22. The third kappa shape index (κ3) is 3.72. The predicted molar refractivity (Wildman–Crippen MR) is 96.9 cm³/mol. The van der Waals surface area contributed by atoms with Crippen molar-refractivity contribution in [3.8, 4) is 5.75 Å². The average Bonchev–Trinajstić information content (AvgIpc) is 2.73. The van der Waals surface area contributed by atoms with Crippen LogP contribution >= 0.6 is 0 Å². The summed E-state index contributed by atoms with van der Waals surface area (Å²) in [7, 11) is 3.91. The normalized spacial score (nSPS) is 16.7. The zero-order chi connectivity index (χ0) is 22.2. The third-order valence-corrected chi connectivity index (χ3v) is 3.72. The van der Waals surface area contributed by atoms with E-state index in [1.165, 1.54) is 0 Å². The first-order valence-electron chi connectivity index (χ1n) is 11.0. The Labute approximate surface area is 148 Å². The molecule has 3 aromatic rings. The van der Waals surface area contributed by atoms with Crippen LogP contribution in [0.15, 0.2) is 72.6 Å². The van der Waals surface area contributed by atoms with Crippen LogP contribution in [0.3, 0.4) is 0 Å². The van der Waals surface area contributed by atoms with Crippen molar-refractivity contribution in [3.05, 3.63) is 78.2 Å². The molecule has 2 heteroatoms. The first-order chi connectivity index (χ1) is 14.2. The molecule has 0 heterocycles. The van der Waals surface area contributed by atoms with E-state index in [-0.39, 0.29) is 41.3 Å². The SMILES string of the molecule is [2H]c1c([2H])c([2H])c2c(OCC[C@@H](c3ccccc3)N(C)C)c([2H])c([2H])c([2H])c2c1[2H]. The van der Waals surface area contributed by atoms with Crippen LogP contribution in [0.4, 0.5) is 0 Å². The van der Waals surface area contributed by atoms with Gasteiger partial charge in [0.1, 0.15) is 5.75 Å². The van der Waals surface area contributed by atoms with Crippen molar-refractivity contribution >= 4 is 10.8 Å². The monoisotopic (exact) mass is 312 g/mol. The molecule has 0 bridgehead atoms. The van der Waals surface area contributed by atoms with Crippen molar-refractivity contribution in [3.63, 3.8) is 0 Å². The van der Waals surface area contributed by atoms with Crippen molar-refractivity contribution in [1.82, 2.24) is 4.90 Å². The summed E-state index contributed by atoms with van der Waals surface area (Å²) in [6.45, 7) is 0.179. The third-order valence-electron chi connectivity index (χ3n) is 3.72. The van der Waals surface area contributed by atoms with Gasteiger partial charge in [-0.1, -0.05) is 66.6 Å². The van der Waals surface area contributed by atoms with Crippen molar-refractivity contribution in [1.29, 1.82) is 0 Å². The summed E-state index contributed by atoms with van der Waals surface area (Å²) in [6, 6.07) is 7.08. The first kappa shape index (κ1) is 9.09. The van der Waals surface area contributed by atoms with Crippen LogP contribution in [0.25, 0.3) is 10.8 Å². The molecular weight excluding hydrogens is 282 g/mol. The largest absolute Gasteiger partial charge is 0.493 e. The Morgan fingerprint density at radius 2 is 1.74 bits per heavy atom. The number of ether oxygens (including phenoxy) is 1. The molecule has 118 valence electrons. The zero-order valence-electron chi connectivity index (χ0n) is 20.2. The highest BCUT2D eigenvalue weighted by molar-refractivity contribution is 5.88. The molecule has 3 rings (SSSR count). The molecule has 3 aromatic carbocycles. The highest BCUT2D eigenvalue weighted by Gasteiger charge is 2.14. The van der Waals surface area contributed by atoms with Crippen LogP contribution < -0.4 is 4.74 Å². The Bertz CT molecular complexity index is 1080. The topological polar surface area (TPSA) is 12.5 Å². The predicted octanol–water partition coefficient (Wildman–Crippen LogP) is 4.91. The van der Waals surface area contributed by atoms with E-state index in [1.807, 2.05) is 49.3 Å². The second-order valence-corrected chi connectivity index (χ2v) is 5.48. The summed E-state index contributed by atoms with van der Waals surface area (Å²) >= 11 is 0. The van der Waals surface area contributed by atoms with Gasteiger partial charge in [0.2, 0.25) is 0 Å². The molecule has 0 aliphatic carbocycles. The van der Waals surface area contributed by atoms with Gasteiger partial charge in [0.25, 0.3) is 0 Å². The summed E-state index contributed by atoms with van der Waals surface area (Å²) in [5, 5.41) is -0.114. The van der Waals surface area contributed by atoms with Gasteiger partial charge in [-0.3, -0.25) is 0 Å². The van der Waals surface area contributed by atoms with E-state index in [4.69, 9.17) is 14.3 Å². The molecule has 0 saturated heterocycles. The fourth-order valence-corrected chi connectivity index (χ4v) is 2.57. The zero-order valence-corrected chi connectivity index (χ0v) is 13.2. The lowest BCUT2D eigenvalue weighted by molar-refractivity contribution is 0.225. The Kier molecular flexibility index (Phi) is 2.88. The maximum Gasteiger partial charge on any atom is 0.127 e. The summed E-state index contributed by atoms with van der Waals surface area (Å²) in [6.07, 6.45) is 0.569. The molecule has 0 fully saturated rings. The molecule has 23 heavy (non-hydrogen) atoms. The van der Waals surface area contributed by atoms with Crippen LogP contribution in [0.2, 0.25) is 0 Å². The van der Waals surface area contributed by atoms with Gasteiger partial charge in [-0.05, 0) is 31.1 Å². The molecule has 0 radical (unpaired) electrons. The fraction of sp³-hybridized carbons (Fsp3) is 0.238. The van der Waals surface area contributed by atoms with Crippen molar-refractivity contribution < 1.29 is 14.3 Å². The van der Waals surface area contributed by atoms with E-state index >= 15 is 0 Å². The standard InChI is InChI=1S/C21H23NO/c1-22(2)20(18-10-4-3-5-11-18)15-16-23-21-14-8-12-17-9-6-7-13-19(17)21/h3-14,20H,15-16H2,1-2H3/t20-/m0/s1/i6D,7D,8D,9D,12D,13D,14D. The van der Waals surface area contributed by atoms with Gasteiger partial charge in [-0.2, -0.15) is 0 Å². The van der Waals surface area contributed by atoms with Crippen LogP contribution in [0.5, 0.6) is 5.75 Å². The minimum absolute atomic E-state index is 0.0203. The molecular formula is C21H23NO. The van der Waals surface area contributed by atoms with Crippen molar-refractivity contribution in [2.24, 2.45) is 0 Å². The Balaban J connectivity index is 2.02. The number of fused-ring (bicyclic) bond motifs is 1. The van der Waals surface area contributed by atoms with E-state index in [1.54, 1.807) is 0 Å². The van der Waals surface area contributed by atoms with Gasteiger partial charge in [0, 0.05) is 17.8 Å². The molecule has 0 N–H and O–H groups in total. The summed E-state index contributed by atoms with van der Waals surface area (Å²) in [5.74, 6) is -0.0800. The Morgan fingerprint density at radius 1 is 1.00 bits per heavy atom. The Morgan fingerprint density at radius 3 is 2.52 bits per heavy atom. The quantitative estimate of drug-likeness (QED) is 0.641. The number of rotatable bonds is 6. The second-order valence-electron chi connectivity index (χ2n) is 5.48. The summed E-state index contributed by atoms with van der Waals surface area (Å²) in [5.41, 5.74) is 1.10. The molecule has 0 unspecified atom stereocenters. The molecule has 0 aliphatic rings. The lowest BCUT2D eigenvalue weighted by atomic mass is 10.0. The molecule has 0 aromatic heterocycles. The fourth-order valence-electron chi connectivity index (χ4n) is 2.57. The van der Waals surface area contributed by atoms with Crippen LogP contribution in [-0.2, 0) is 0 Å². The van der Waals surface area contributed by atoms with E-state index in [0.717, 1.165) is 5.56 Å². The van der Waals surface area contributed by atoms with Gasteiger partial charge >= 0.3 is 0 Å². The van der Waals surface area contributed by atoms with E-state index < -0.39 is 30.2 Å². The van der Waals surface area contributed by atoms with Gasteiger partial charge in [-0.15, -0.1) is 0 Å². The van der Waals surface area contributed by atoms with Crippen LogP contribution in [-0.4, -0.2) is 25.6 Å². The number of hydrogen-bond donors (Lipinski definition) is 0. The van der Waals surface area contributed by atoms with E-state index in [9.17, 15) is 0 Å². The second kappa shape index (κ2) is 7.30. The van der Waals surface area contributed by atoms with Gasteiger partial charge < -0.3 is 9.64 Å². The van der Waals surface area contributed by atoms with Gasteiger partial charge in [0.05, 0.1) is 16.2 Å². The Hall–Kier alpha value is -2.32. The smallest absolute Gasteiger partial charge is 0.127 e. The molecule has 0 spiro atoms. The number of hydrogen-bond acceptors (Lipinski definition) is 2. The molecule has 0 aliphatic heterocycles. The maximum atomic E-state index is 8.25. The molecule has 2 nitrogen and oxygen atoms in total. The molecule has 0 amide bonds. The molecule has 0 saturated carbocycles. The number of benzene rings is 3. The van der Waals surface area contributed by atoms with E-state index in [2.05, 4.69) is 0 Å². The highest BCUT2D eigenvalue weighted by atomic mass is 16.5. The van der Waals surface area contributed by atoms with Gasteiger partial charge in [-0.25, -0.2) is 0 Å².